The summed E-state index contributed by atoms with van der Waals surface area (Å²) in [5.41, 5.74) is 0.630. The molecule has 1 heterocycles. The summed E-state index contributed by atoms with van der Waals surface area (Å²) in [6, 6.07) is 9.18. The zero-order chi connectivity index (χ0) is 15.9. The largest absolute Gasteiger partial charge is 0.495 e. The first-order valence-corrected chi connectivity index (χ1v) is 7.28. The number of carbonyl (C=O) groups is 1. The third-order valence-corrected chi connectivity index (χ3v) is 3.66. The van der Waals surface area contributed by atoms with Crippen LogP contribution in [-0.2, 0) is 9.53 Å². The van der Waals surface area contributed by atoms with E-state index in [1.54, 1.807) is 24.1 Å². The van der Waals surface area contributed by atoms with Gasteiger partial charge in [-0.25, -0.2) is 0 Å². The lowest BCUT2D eigenvalue weighted by Crippen LogP contribution is -2.46. The highest BCUT2D eigenvalue weighted by Gasteiger charge is 2.29. The van der Waals surface area contributed by atoms with Crippen molar-refractivity contribution in [1.82, 2.24) is 4.90 Å². The van der Waals surface area contributed by atoms with E-state index >= 15 is 0 Å². The topological polar surface area (TPSA) is 74.6 Å². The van der Waals surface area contributed by atoms with Crippen molar-refractivity contribution in [3.63, 3.8) is 0 Å². The van der Waals surface area contributed by atoms with E-state index in [1.807, 2.05) is 18.2 Å². The molecule has 1 unspecified atom stereocenters. The molecule has 22 heavy (non-hydrogen) atoms. The predicted octanol–water partition coefficient (Wildman–Crippen LogP) is 1.43. The molecule has 1 aliphatic rings. The molecular formula is C15H17N3O3S. The van der Waals surface area contributed by atoms with E-state index in [1.165, 1.54) is 0 Å². The number of amides is 1. The summed E-state index contributed by atoms with van der Waals surface area (Å²) < 4.78 is 10.4. The van der Waals surface area contributed by atoms with Gasteiger partial charge in [0.2, 0.25) is 5.91 Å². The number of hydrogen-bond acceptors (Lipinski definition) is 5. The van der Waals surface area contributed by atoms with Crippen molar-refractivity contribution in [3.8, 4) is 11.8 Å². The predicted molar refractivity (Wildman–Crippen MR) is 85.7 cm³/mol. The van der Waals surface area contributed by atoms with Crippen LogP contribution < -0.4 is 10.1 Å². The van der Waals surface area contributed by atoms with Gasteiger partial charge in [-0.3, -0.25) is 4.79 Å². The minimum Gasteiger partial charge on any atom is -0.495 e. The molecule has 0 bridgehead atoms. The number of nitrogens with zero attached hydrogens (tertiary/aromatic N) is 2. The number of benzene rings is 1. The number of methoxy groups -OCH3 is 1. The van der Waals surface area contributed by atoms with Crippen LogP contribution >= 0.6 is 12.2 Å². The van der Waals surface area contributed by atoms with Crippen LogP contribution in [0.5, 0.6) is 5.75 Å². The van der Waals surface area contributed by atoms with Crippen molar-refractivity contribution in [3.05, 3.63) is 24.3 Å². The van der Waals surface area contributed by atoms with E-state index in [2.05, 4.69) is 5.32 Å². The molecule has 6 nitrogen and oxygen atoms in total. The molecule has 0 radical (unpaired) electrons. The monoisotopic (exact) mass is 319 g/mol. The van der Waals surface area contributed by atoms with Crippen molar-refractivity contribution in [1.29, 1.82) is 5.26 Å². The Morgan fingerprint density at radius 3 is 2.77 bits per heavy atom. The molecule has 1 fully saturated rings. The number of thiocarbonyl (C=S) groups is 1. The lowest BCUT2D eigenvalue weighted by molar-refractivity contribution is -0.135. The third-order valence-electron chi connectivity index (χ3n) is 3.33. The number of ether oxygens (including phenoxy) is 2. The van der Waals surface area contributed by atoms with Crippen LogP contribution in [0.2, 0.25) is 0 Å². The number of para-hydroxylation sites is 2. The SMILES string of the molecule is COc1ccccc1NC(=S)C(C#N)C(=O)N1CCOCC1. The van der Waals surface area contributed by atoms with Crippen LogP contribution in [0.4, 0.5) is 5.69 Å². The van der Waals surface area contributed by atoms with Crippen molar-refractivity contribution < 1.29 is 14.3 Å². The molecule has 116 valence electrons. The fraction of sp³-hybridized carbons (Fsp3) is 0.400. The Balaban J connectivity index is 2.08. The maximum atomic E-state index is 12.4. The number of anilines is 1. The Morgan fingerprint density at radius 1 is 1.45 bits per heavy atom. The highest BCUT2D eigenvalue weighted by Crippen LogP contribution is 2.24. The molecule has 0 aromatic heterocycles. The molecule has 0 saturated carbocycles. The minimum absolute atomic E-state index is 0.170. The Bertz CT molecular complexity index is 594. The van der Waals surface area contributed by atoms with Gasteiger partial charge in [0.05, 0.1) is 32.1 Å². The first-order chi connectivity index (χ1) is 10.7. The normalized spacial score (nSPS) is 15.5. The average molecular weight is 319 g/mol. The van der Waals surface area contributed by atoms with Gasteiger partial charge in [0.25, 0.3) is 0 Å². The number of nitrogens with one attached hydrogen (secondary N) is 1. The molecule has 1 atom stereocenters. The zero-order valence-electron chi connectivity index (χ0n) is 12.2. The Labute approximate surface area is 134 Å². The second-order valence-corrected chi connectivity index (χ2v) is 5.13. The standard InChI is InChI=1S/C15H17N3O3S/c1-20-13-5-3-2-4-12(13)17-14(22)11(10-16)15(19)18-6-8-21-9-7-18/h2-5,11H,6-9H2,1H3,(H,17,22). The maximum Gasteiger partial charge on any atom is 0.247 e. The molecule has 0 aliphatic carbocycles. The van der Waals surface area contributed by atoms with E-state index in [0.29, 0.717) is 37.7 Å². The van der Waals surface area contributed by atoms with Crippen molar-refractivity contribution in [2.75, 3.05) is 38.7 Å². The van der Waals surface area contributed by atoms with Gasteiger partial charge in [0, 0.05) is 13.1 Å². The Hall–Kier alpha value is -2.17. The van der Waals surface area contributed by atoms with Gasteiger partial charge >= 0.3 is 0 Å². The van der Waals surface area contributed by atoms with E-state index < -0.39 is 5.92 Å². The second-order valence-electron chi connectivity index (χ2n) is 4.69. The lowest BCUT2D eigenvalue weighted by atomic mass is 10.1. The fourth-order valence-electron chi connectivity index (χ4n) is 2.15. The fourth-order valence-corrected chi connectivity index (χ4v) is 2.41. The van der Waals surface area contributed by atoms with Crippen molar-refractivity contribution >= 4 is 28.8 Å². The number of nitriles is 1. The van der Waals surface area contributed by atoms with E-state index in [9.17, 15) is 10.1 Å². The van der Waals surface area contributed by atoms with Crippen molar-refractivity contribution in [2.24, 2.45) is 5.92 Å². The summed E-state index contributed by atoms with van der Waals surface area (Å²) in [6.45, 7) is 1.93. The van der Waals surface area contributed by atoms with Crippen LogP contribution in [0.25, 0.3) is 0 Å². The molecular weight excluding hydrogens is 302 g/mol. The van der Waals surface area contributed by atoms with Gasteiger partial charge in [-0.05, 0) is 12.1 Å². The van der Waals surface area contributed by atoms with Gasteiger partial charge in [-0.1, -0.05) is 24.4 Å². The van der Waals surface area contributed by atoms with Gasteiger partial charge in [-0.2, -0.15) is 5.26 Å². The zero-order valence-corrected chi connectivity index (χ0v) is 13.1. The molecule has 1 saturated heterocycles. The molecule has 1 aromatic rings. The van der Waals surface area contributed by atoms with Crippen LogP contribution in [0.1, 0.15) is 0 Å². The summed E-state index contributed by atoms with van der Waals surface area (Å²) in [5.74, 6) is -0.712. The summed E-state index contributed by atoms with van der Waals surface area (Å²) in [7, 11) is 1.55. The molecule has 1 amide bonds. The summed E-state index contributed by atoms with van der Waals surface area (Å²) >= 11 is 5.24. The molecule has 0 spiro atoms. The van der Waals surface area contributed by atoms with E-state index in [-0.39, 0.29) is 10.9 Å². The Kier molecular flexibility index (Phi) is 5.69. The van der Waals surface area contributed by atoms with E-state index in [0.717, 1.165) is 0 Å². The highest BCUT2D eigenvalue weighted by molar-refractivity contribution is 7.80. The Morgan fingerprint density at radius 2 is 2.14 bits per heavy atom. The summed E-state index contributed by atoms with van der Waals surface area (Å²) in [5, 5.41) is 12.3. The molecule has 2 rings (SSSR count). The van der Waals surface area contributed by atoms with Crippen LogP contribution in [0, 0.1) is 17.2 Å². The van der Waals surface area contributed by atoms with Crippen LogP contribution in [-0.4, -0.2) is 49.2 Å². The minimum atomic E-state index is -1.02. The maximum absolute atomic E-state index is 12.4. The molecule has 1 aromatic carbocycles. The molecule has 1 N–H and O–H groups in total. The van der Waals surface area contributed by atoms with Crippen LogP contribution in [0.3, 0.4) is 0 Å². The lowest BCUT2D eigenvalue weighted by Gasteiger charge is -2.28. The first kappa shape index (κ1) is 16.2. The number of rotatable bonds is 4. The molecule has 7 heteroatoms. The highest BCUT2D eigenvalue weighted by atomic mass is 32.1. The van der Waals surface area contributed by atoms with Gasteiger partial charge < -0.3 is 19.7 Å². The summed E-state index contributed by atoms with van der Waals surface area (Å²) in [4.78, 5) is 14.2. The number of hydrogen-bond donors (Lipinski definition) is 1. The van der Waals surface area contributed by atoms with Crippen molar-refractivity contribution in [2.45, 2.75) is 0 Å². The number of morpholine rings is 1. The van der Waals surface area contributed by atoms with Gasteiger partial charge in [-0.15, -0.1) is 0 Å². The average Bonchev–Trinajstić information content (AvgIpc) is 2.56. The second kappa shape index (κ2) is 7.73. The summed E-state index contributed by atoms with van der Waals surface area (Å²) in [6.07, 6.45) is 0. The number of carbonyl (C=O) groups excluding carboxylic acids is 1. The first-order valence-electron chi connectivity index (χ1n) is 6.87. The smallest absolute Gasteiger partial charge is 0.247 e. The van der Waals surface area contributed by atoms with Gasteiger partial charge in [0.1, 0.15) is 10.7 Å². The third kappa shape index (κ3) is 3.72. The van der Waals surface area contributed by atoms with E-state index in [4.69, 9.17) is 21.7 Å². The molecule has 1 aliphatic heterocycles. The quantitative estimate of drug-likeness (QED) is 0.846. The van der Waals surface area contributed by atoms with Crippen LogP contribution in [0.15, 0.2) is 24.3 Å². The van der Waals surface area contributed by atoms with Gasteiger partial charge in [0.15, 0.2) is 5.92 Å².